The molecule has 0 spiro atoms. The molecule has 1 unspecified atom stereocenters. The number of amides is 2. The third kappa shape index (κ3) is 5.00. The number of aliphatic carboxylic acids is 1. The molecular formula is C25H28N2O5S. The van der Waals surface area contributed by atoms with Crippen molar-refractivity contribution in [3.8, 4) is 11.1 Å². The molecule has 8 heteroatoms. The molecular weight excluding hydrogens is 440 g/mol. The van der Waals surface area contributed by atoms with Crippen LogP contribution < -0.4 is 5.32 Å². The summed E-state index contributed by atoms with van der Waals surface area (Å²) < 4.78 is 5.60. The molecule has 2 aliphatic rings. The van der Waals surface area contributed by atoms with Crippen molar-refractivity contribution in [2.24, 2.45) is 5.92 Å². The van der Waals surface area contributed by atoms with E-state index in [-0.39, 0.29) is 25.0 Å². The second kappa shape index (κ2) is 10.3. The van der Waals surface area contributed by atoms with Gasteiger partial charge in [-0.15, -0.1) is 0 Å². The molecule has 2 amide bonds. The van der Waals surface area contributed by atoms with Crippen LogP contribution in [0.3, 0.4) is 0 Å². The fraction of sp³-hybridized carbons (Fsp3) is 0.400. The molecule has 7 nitrogen and oxygen atoms in total. The number of fused-ring (bicyclic) bond motifs is 3. The zero-order chi connectivity index (χ0) is 23.4. The predicted octanol–water partition coefficient (Wildman–Crippen LogP) is 3.58. The monoisotopic (exact) mass is 468 g/mol. The van der Waals surface area contributed by atoms with E-state index in [1.54, 1.807) is 11.8 Å². The van der Waals surface area contributed by atoms with Gasteiger partial charge in [-0.05, 0) is 47.1 Å². The maximum atomic E-state index is 13.0. The van der Waals surface area contributed by atoms with Crippen molar-refractivity contribution in [2.75, 3.05) is 31.7 Å². The van der Waals surface area contributed by atoms with Crippen LogP contribution >= 0.6 is 11.8 Å². The largest absolute Gasteiger partial charge is 0.481 e. The Morgan fingerprint density at radius 1 is 1.12 bits per heavy atom. The molecule has 0 bridgehead atoms. The van der Waals surface area contributed by atoms with E-state index >= 15 is 0 Å². The van der Waals surface area contributed by atoms with E-state index < -0.39 is 24.0 Å². The number of hydrogen-bond donors (Lipinski definition) is 2. The van der Waals surface area contributed by atoms with E-state index in [1.807, 2.05) is 30.5 Å². The van der Waals surface area contributed by atoms with Crippen molar-refractivity contribution in [1.82, 2.24) is 10.2 Å². The lowest BCUT2D eigenvalue weighted by atomic mass is 9.98. The van der Waals surface area contributed by atoms with Gasteiger partial charge in [-0.1, -0.05) is 48.5 Å². The first-order valence-electron chi connectivity index (χ1n) is 11.1. The summed E-state index contributed by atoms with van der Waals surface area (Å²) in [7, 11) is 0. The van der Waals surface area contributed by atoms with E-state index in [9.17, 15) is 19.5 Å². The highest BCUT2D eigenvalue weighted by Crippen LogP contribution is 2.44. The van der Waals surface area contributed by atoms with Gasteiger partial charge in [0.05, 0.1) is 5.92 Å². The topological polar surface area (TPSA) is 95.9 Å². The van der Waals surface area contributed by atoms with Crippen molar-refractivity contribution < 1.29 is 24.2 Å². The molecule has 1 heterocycles. The van der Waals surface area contributed by atoms with Crippen LogP contribution in [0.1, 0.15) is 29.9 Å². The minimum atomic E-state index is -0.893. The van der Waals surface area contributed by atoms with Crippen molar-refractivity contribution in [3.63, 3.8) is 0 Å². The van der Waals surface area contributed by atoms with Crippen LogP contribution in [-0.4, -0.2) is 65.7 Å². The number of alkyl carbamates (subject to hydrolysis) is 1. The number of carboxylic acid groups (broad SMARTS) is 1. The van der Waals surface area contributed by atoms with Gasteiger partial charge in [-0.2, -0.15) is 11.8 Å². The van der Waals surface area contributed by atoms with Crippen LogP contribution in [0, 0.1) is 5.92 Å². The quantitative estimate of drug-likeness (QED) is 0.615. The maximum absolute atomic E-state index is 13.0. The van der Waals surface area contributed by atoms with Gasteiger partial charge in [0, 0.05) is 19.0 Å². The number of carbonyl (C=O) groups is 3. The van der Waals surface area contributed by atoms with Crippen molar-refractivity contribution in [3.05, 3.63) is 59.7 Å². The average molecular weight is 469 g/mol. The minimum Gasteiger partial charge on any atom is -0.481 e. The van der Waals surface area contributed by atoms with Crippen LogP contribution in [-0.2, 0) is 14.3 Å². The Hall–Kier alpha value is -3.00. The lowest BCUT2D eigenvalue weighted by Gasteiger charge is -2.24. The van der Waals surface area contributed by atoms with Gasteiger partial charge in [-0.25, -0.2) is 4.79 Å². The molecule has 1 fully saturated rings. The normalized spacial score (nSPS) is 17.8. The molecule has 2 atom stereocenters. The molecule has 2 aromatic carbocycles. The number of nitrogens with one attached hydrogen (secondary N) is 1. The SMILES string of the molecule is CSCC[C@@H](NC(=O)OCC1c2ccccc2-c2ccccc21)C(=O)N1CCC(C(=O)O)C1. The van der Waals surface area contributed by atoms with Crippen molar-refractivity contribution in [2.45, 2.75) is 24.8 Å². The van der Waals surface area contributed by atoms with Gasteiger partial charge < -0.3 is 20.1 Å². The number of benzene rings is 2. The number of hydrogen-bond acceptors (Lipinski definition) is 5. The summed E-state index contributed by atoms with van der Waals surface area (Å²) in [6.07, 6.45) is 2.19. The summed E-state index contributed by atoms with van der Waals surface area (Å²) in [4.78, 5) is 38.5. The highest BCUT2D eigenvalue weighted by Gasteiger charge is 2.35. The lowest BCUT2D eigenvalue weighted by molar-refractivity contribution is -0.141. The fourth-order valence-corrected chi connectivity index (χ4v) is 5.13. The first kappa shape index (κ1) is 23.2. The predicted molar refractivity (Wildman–Crippen MR) is 127 cm³/mol. The first-order valence-corrected chi connectivity index (χ1v) is 12.5. The molecule has 174 valence electrons. The van der Waals surface area contributed by atoms with Crippen LogP contribution in [0.15, 0.2) is 48.5 Å². The Balaban J connectivity index is 1.40. The van der Waals surface area contributed by atoms with Gasteiger partial charge in [0.2, 0.25) is 5.91 Å². The summed E-state index contributed by atoms with van der Waals surface area (Å²) in [5.74, 6) is -1.06. The number of carboxylic acids is 1. The summed E-state index contributed by atoms with van der Waals surface area (Å²) in [5.41, 5.74) is 4.55. The molecule has 1 saturated heterocycles. The summed E-state index contributed by atoms with van der Waals surface area (Å²) in [6, 6.07) is 15.5. The number of nitrogens with zero attached hydrogens (tertiary/aromatic N) is 1. The second-order valence-corrected chi connectivity index (χ2v) is 9.40. The van der Waals surface area contributed by atoms with Crippen molar-refractivity contribution in [1.29, 1.82) is 0 Å². The number of likely N-dealkylation sites (tertiary alicyclic amines) is 1. The van der Waals surface area contributed by atoms with E-state index in [4.69, 9.17) is 4.74 Å². The molecule has 0 radical (unpaired) electrons. The number of thioether (sulfide) groups is 1. The third-order valence-corrected chi connectivity index (χ3v) is 7.04. The van der Waals surface area contributed by atoms with E-state index in [0.29, 0.717) is 25.1 Å². The average Bonchev–Trinajstić information content (AvgIpc) is 3.44. The standard InChI is InChI=1S/C25H28N2O5S/c1-33-13-11-22(23(28)27-12-10-16(14-27)24(29)30)26-25(31)32-15-21-19-8-4-2-6-17(19)18-7-3-5-9-20(18)21/h2-9,16,21-22H,10-15H2,1H3,(H,26,31)(H,29,30)/t16?,22-/m1/s1. The molecule has 1 aliphatic heterocycles. The smallest absolute Gasteiger partial charge is 0.407 e. The summed E-state index contributed by atoms with van der Waals surface area (Å²) in [5, 5.41) is 12.0. The van der Waals surface area contributed by atoms with Crippen LogP contribution in [0.25, 0.3) is 11.1 Å². The Morgan fingerprint density at radius 2 is 1.76 bits per heavy atom. The molecule has 33 heavy (non-hydrogen) atoms. The third-order valence-electron chi connectivity index (χ3n) is 6.39. The highest BCUT2D eigenvalue weighted by molar-refractivity contribution is 7.98. The number of ether oxygens (including phenoxy) is 1. The van der Waals surface area contributed by atoms with Gasteiger partial charge in [0.1, 0.15) is 12.6 Å². The zero-order valence-corrected chi connectivity index (χ0v) is 19.3. The maximum Gasteiger partial charge on any atom is 0.407 e. The Kier molecular flexibility index (Phi) is 7.23. The Morgan fingerprint density at radius 3 is 2.33 bits per heavy atom. The molecule has 1 aliphatic carbocycles. The van der Waals surface area contributed by atoms with Crippen LogP contribution in [0.4, 0.5) is 4.79 Å². The molecule has 4 rings (SSSR count). The molecule has 2 N–H and O–H groups in total. The molecule has 0 aromatic heterocycles. The van der Waals surface area contributed by atoms with Crippen LogP contribution in [0.2, 0.25) is 0 Å². The highest BCUT2D eigenvalue weighted by atomic mass is 32.2. The zero-order valence-electron chi connectivity index (χ0n) is 18.5. The van der Waals surface area contributed by atoms with E-state index in [0.717, 1.165) is 22.3 Å². The number of carbonyl (C=O) groups excluding carboxylic acids is 2. The van der Waals surface area contributed by atoms with Gasteiger partial charge >= 0.3 is 12.1 Å². The van der Waals surface area contributed by atoms with Gasteiger partial charge in [0.25, 0.3) is 0 Å². The van der Waals surface area contributed by atoms with E-state index in [2.05, 4.69) is 29.6 Å². The number of rotatable bonds is 8. The first-order chi connectivity index (χ1) is 16.0. The summed E-state index contributed by atoms with van der Waals surface area (Å²) >= 11 is 1.58. The van der Waals surface area contributed by atoms with Gasteiger partial charge in [0.15, 0.2) is 0 Å². The van der Waals surface area contributed by atoms with E-state index in [1.165, 1.54) is 4.90 Å². The van der Waals surface area contributed by atoms with Crippen molar-refractivity contribution >= 4 is 29.7 Å². The van der Waals surface area contributed by atoms with Crippen LogP contribution in [0.5, 0.6) is 0 Å². The Bertz CT molecular complexity index is 997. The lowest BCUT2D eigenvalue weighted by Crippen LogP contribution is -2.48. The second-order valence-electron chi connectivity index (χ2n) is 8.41. The van der Waals surface area contributed by atoms with Gasteiger partial charge in [-0.3, -0.25) is 9.59 Å². The molecule has 2 aromatic rings. The summed E-state index contributed by atoms with van der Waals surface area (Å²) in [6.45, 7) is 0.738. The Labute approximate surface area is 197 Å². The molecule has 0 saturated carbocycles. The fourth-order valence-electron chi connectivity index (χ4n) is 4.66. The minimum absolute atomic E-state index is 0.0570.